The number of halogens is 1. The lowest BCUT2D eigenvalue weighted by molar-refractivity contribution is 0.326. The highest BCUT2D eigenvalue weighted by Gasteiger charge is 2.12. The van der Waals surface area contributed by atoms with Gasteiger partial charge in [0.05, 0.1) is 12.1 Å². The van der Waals surface area contributed by atoms with E-state index in [-0.39, 0.29) is 6.04 Å². The average molecular weight is 332 g/mol. The zero-order valence-electron chi connectivity index (χ0n) is 13.5. The van der Waals surface area contributed by atoms with Crippen LogP contribution in [0.15, 0.2) is 55.1 Å². The van der Waals surface area contributed by atoms with Gasteiger partial charge in [0.2, 0.25) is 0 Å². The van der Waals surface area contributed by atoms with E-state index >= 15 is 0 Å². The van der Waals surface area contributed by atoms with E-state index in [0.717, 1.165) is 5.56 Å². The van der Waals surface area contributed by atoms with Crippen LogP contribution >= 0.6 is 11.6 Å². The lowest BCUT2D eigenvalue weighted by Gasteiger charge is -2.16. The van der Waals surface area contributed by atoms with Gasteiger partial charge in [0.1, 0.15) is 6.61 Å². The molecule has 0 radical (unpaired) electrons. The molecule has 0 fully saturated rings. The zero-order valence-corrected chi connectivity index (χ0v) is 14.3. The van der Waals surface area contributed by atoms with Crippen LogP contribution in [0, 0.1) is 0 Å². The fraction of sp³-hybridized carbons (Fsp3) is 0.263. The van der Waals surface area contributed by atoms with E-state index in [0.29, 0.717) is 29.7 Å². The fourth-order valence-corrected chi connectivity index (χ4v) is 2.58. The van der Waals surface area contributed by atoms with E-state index in [1.807, 2.05) is 30.3 Å². The normalized spacial score (nSPS) is 11.8. The summed E-state index contributed by atoms with van der Waals surface area (Å²) in [5.74, 6) is 1.18. The number of hydrogen-bond acceptors (Lipinski definition) is 3. The molecule has 1 N–H and O–H groups in total. The van der Waals surface area contributed by atoms with Crippen molar-refractivity contribution in [3.05, 3.63) is 71.3 Å². The molecule has 0 heterocycles. The minimum atomic E-state index is 0.248. The Morgan fingerprint density at radius 3 is 2.65 bits per heavy atom. The average Bonchev–Trinajstić information content (AvgIpc) is 2.59. The van der Waals surface area contributed by atoms with Gasteiger partial charge in [0, 0.05) is 12.6 Å². The lowest BCUT2D eigenvalue weighted by Crippen LogP contribution is -2.18. The van der Waals surface area contributed by atoms with Crippen molar-refractivity contribution >= 4 is 11.6 Å². The monoisotopic (exact) mass is 331 g/mol. The van der Waals surface area contributed by atoms with Gasteiger partial charge in [-0.25, -0.2) is 0 Å². The highest BCUT2D eigenvalue weighted by Crippen LogP contribution is 2.36. The molecule has 0 saturated carbocycles. The van der Waals surface area contributed by atoms with Gasteiger partial charge >= 0.3 is 0 Å². The number of nitrogens with one attached hydrogen (secondary N) is 1. The molecular weight excluding hydrogens is 310 g/mol. The molecule has 0 bridgehead atoms. The molecule has 0 aliphatic carbocycles. The van der Waals surface area contributed by atoms with Crippen LogP contribution in [0.2, 0.25) is 5.02 Å². The van der Waals surface area contributed by atoms with Gasteiger partial charge in [0.25, 0.3) is 0 Å². The summed E-state index contributed by atoms with van der Waals surface area (Å²) < 4.78 is 10.9. The van der Waals surface area contributed by atoms with Crippen molar-refractivity contribution in [3.8, 4) is 11.5 Å². The Bertz CT molecular complexity index is 643. The summed E-state index contributed by atoms with van der Waals surface area (Å²) in [5.41, 5.74) is 2.29. The van der Waals surface area contributed by atoms with Crippen LogP contribution in [0.1, 0.15) is 24.1 Å². The van der Waals surface area contributed by atoms with Crippen LogP contribution in [-0.2, 0) is 6.54 Å². The summed E-state index contributed by atoms with van der Waals surface area (Å²) in [5, 5.41) is 4.02. The number of benzene rings is 2. The fourth-order valence-electron chi connectivity index (χ4n) is 2.29. The highest BCUT2D eigenvalue weighted by atomic mass is 35.5. The minimum absolute atomic E-state index is 0.248. The third kappa shape index (κ3) is 4.75. The molecule has 0 aromatic heterocycles. The summed E-state index contributed by atoms with van der Waals surface area (Å²) in [6, 6.07) is 14.4. The molecule has 0 unspecified atom stereocenters. The predicted octanol–water partition coefficient (Wildman–Crippen LogP) is 4.76. The highest BCUT2D eigenvalue weighted by molar-refractivity contribution is 6.32. The van der Waals surface area contributed by atoms with E-state index in [1.165, 1.54) is 5.56 Å². The second kappa shape index (κ2) is 8.61. The second-order valence-corrected chi connectivity index (χ2v) is 5.63. The molecule has 122 valence electrons. The number of methoxy groups -OCH3 is 1. The first-order chi connectivity index (χ1) is 11.2. The Kier molecular flexibility index (Phi) is 6.51. The van der Waals surface area contributed by atoms with Gasteiger partial charge in [-0.2, -0.15) is 0 Å². The Morgan fingerprint density at radius 1 is 1.26 bits per heavy atom. The van der Waals surface area contributed by atoms with Gasteiger partial charge in [-0.15, -0.1) is 0 Å². The molecule has 1 atom stereocenters. The second-order valence-electron chi connectivity index (χ2n) is 5.22. The van der Waals surface area contributed by atoms with Crippen molar-refractivity contribution in [1.82, 2.24) is 5.32 Å². The van der Waals surface area contributed by atoms with Crippen molar-refractivity contribution in [1.29, 1.82) is 0 Å². The maximum atomic E-state index is 6.31. The minimum Gasteiger partial charge on any atom is -0.493 e. The molecule has 2 aromatic carbocycles. The van der Waals surface area contributed by atoms with Gasteiger partial charge in [0.15, 0.2) is 11.5 Å². The van der Waals surface area contributed by atoms with E-state index in [1.54, 1.807) is 13.2 Å². The van der Waals surface area contributed by atoms with Crippen molar-refractivity contribution in [2.24, 2.45) is 0 Å². The molecule has 2 aromatic rings. The van der Waals surface area contributed by atoms with Crippen LogP contribution in [0.25, 0.3) is 0 Å². The quantitative estimate of drug-likeness (QED) is 0.707. The molecule has 2 rings (SSSR count). The van der Waals surface area contributed by atoms with Crippen molar-refractivity contribution < 1.29 is 9.47 Å². The Labute approximate surface area is 142 Å². The van der Waals surface area contributed by atoms with Gasteiger partial charge in [-0.3, -0.25) is 0 Å². The molecule has 0 aliphatic rings. The SMILES string of the molecule is C=CCOc1c(Cl)cc(CN[C@@H](C)c2ccccc2)cc1OC. The molecular formula is C19H22ClNO2. The van der Waals surface area contributed by atoms with Crippen LogP contribution in [0.3, 0.4) is 0 Å². The Balaban J connectivity index is 2.08. The number of hydrogen-bond donors (Lipinski definition) is 1. The molecule has 3 nitrogen and oxygen atoms in total. The number of rotatable bonds is 8. The van der Waals surface area contributed by atoms with Crippen molar-refractivity contribution in [2.45, 2.75) is 19.5 Å². The molecule has 0 aliphatic heterocycles. The van der Waals surface area contributed by atoms with Crippen LogP contribution < -0.4 is 14.8 Å². The third-order valence-electron chi connectivity index (χ3n) is 3.55. The van der Waals surface area contributed by atoms with E-state index in [4.69, 9.17) is 21.1 Å². The van der Waals surface area contributed by atoms with Crippen molar-refractivity contribution in [3.63, 3.8) is 0 Å². The predicted molar refractivity (Wildman–Crippen MR) is 95.4 cm³/mol. The third-order valence-corrected chi connectivity index (χ3v) is 3.83. The van der Waals surface area contributed by atoms with E-state index in [2.05, 4.69) is 31.0 Å². The largest absolute Gasteiger partial charge is 0.493 e. The van der Waals surface area contributed by atoms with Crippen LogP contribution in [0.5, 0.6) is 11.5 Å². The summed E-state index contributed by atoms with van der Waals surface area (Å²) in [6.07, 6.45) is 1.67. The summed E-state index contributed by atoms with van der Waals surface area (Å²) >= 11 is 6.31. The van der Waals surface area contributed by atoms with Crippen molar-refractivity contribution in [2.75, 3.05) is 13.7 Å². The first-order valence-corrected chi connectivity index (χ1v) is 7.92. The first kappa shape index (κ1) is 17.4. The molecule has 0 spiro atoms. The summed E-state index contributed by atoms with van der Waals surface area (Å²) in [4.78, 5) is 0. The van der Waals surface area contributed by atoms with Gasteiger partial charge < -0.3 is 14.8 Å². The molecule has 0 saturated heterocycles. The Morgan fingerprint density at radius 2 is 2.00 bits per heavy atom. The summed E-state index contributed by atoms with van der Waals surface area (Å²) in [6.45, 7) is 6.85. The molecule has 0 amide bonds. The molecule has 4 heteroatoms. The van der Waals surface area contributed by atoms with Gasteiger partial charge in [-0.1, -0.05) is 54.6 Å². The maximum absolute atomic E-state index is 6.31. The van der Waals surface area contributed by atoms with E-state index in [9.17, 15) is 0 Å². The summed E-state index contributed by atoms with van der Waals surface area (Å²) in [7, 11) is 1.61. The molecule has 23 heavy (non-hydrogen) atoms. The maximum Gasteiger partial charge on any atom is 0.180 e. The van der Waals surface area contributed by atoms with Gasteiger partial charge in [-0.05, 0) is 30.2 Å². The first-order valence-electron chi connectivity index (χ1n) is 7.54. The zero-order chi connectivity index (χ0) is 16.7. The van der Waals surface area contributed by atoms with E-state index < -0.39 is 0 Å². The van der Waals surface area contributed by atoms with Crippen LogP contribution in [-0.4, -0.2) is 13.7 Å². The topological polar surface area (TPSA) is 30.5 Å². The Hall–Kier alpha value is -1.97. The lowest BCUT2D eigenvalue weighted by atomic mass is 10.1. The smallest absolute Gasteiger partial charge is 0.180 e. The standard InChI is InChI=1S/C19H22ClNO2/c1-4-10-23-19-17(20)11-15(12-18(19)22-3)13-21-14(2)16-8-6-5-7-9-16/h4-9,11-12,14,21H,1,10,13H2,2-3H3/t14-/m0/s1. The van der Waals surface area contributed by atoms with Crippen LogP contribution in [0.4, 0.5) is 0 Å². The number of ether oxygens (including phenoxy) is 2.